The number of aliphatic hydroxyl groups is 1. The van der Waals surface area contributed by atoms with E-state index in [9.17, 15) is 43.0 Å². The number of nitrogens with one attached hydrogen (secondary N) is 3. The van der Waals surface area contributed by atoms with Crippen LogP contribution in [0.5, 0.6) is 0 Å². The van der Waals surface area contributed by atoms with E-state index in [1.165, 1.54) is 9.47 Å². The van der Waals surface area contributed by atoms with Crippen molar-refractivity contribution in [3.05, 3.63) is 83.2 Å². The Kier molecular flexibility index (Phi) is 17.4. The van der Waals surface area contributed by atoms with Gasteiger partial charge in [0, 0.05) is 73.0 Å². The molecule has 2 unspecified atom stereocenters. The third-order valence-electron chi connectivity index (χ3n) is 11.4. The summed E-state index contributed by atoms with van der Waals surface area (Å²) in [5, 5.41) is 18.7. The summed E-state index contributed by atoms with van der Waals surface area (Å²) in [6, 6.07) is 15.3. The molecule has 1 saturated heterocycles. The lowest BCUT2D eigenvalue weighted by molar-refractivity contribution is -0.143. The second kappa shape index (κ2) is 23.2. The number of phosphoric acid groups is 1. The molecule has 2 aromatic heterocycles. The van der Waals surface area contributed by atoms with Crippen molar-refractivity contribution >= 4 is 74.9 Å². The summed E-state index contributed by atoms with van der Waals surface area (Å²) in [5.41, 5.74) is 12.3. The molecular weight excluding hydrogens is 1030 g/mol. The van der Waals surface area contributed by atoms with E-state index in [0.717, 1.165) is 56.2 Å². The summed E-state index contributed by atoms with van der Waals surface area (Å²) in [4.78, 5) is 96.7. The summed E-state index contributed by atoms with van der Waals surface area (Å²) in [5.74, 6) is -0.342. The first-order valence-electron chi connectivity index (χ1n) is 22.8. The number of benzene rings is 3. The molecule has 2 aromatic carbocycles. The number of anilines is 2. The summed E-state index contributed by atoms with van der Waals surface area (Å²) < 4.78 is 68.7. The number of aromatic nitrogens is 4. The fraction of sp³-hybridized carbons (Fsp3) is 0.386. The van der Waals surface area contributed by atoms with E-state index in [1.807, 2.05) is 58.0 Å². The summed E-state index contributed by atoms with van der Waals surface area (Å²) in [7, 11) is -15.1. The minimum atomic E-state index is -5.65. The van der Waals surface area contributed by atoms with Gasteiger partial charge in [0.15, 0.2) is 23.8 Å². The van der Waals surface area contributed by atoms with Crippen LogP contribution in [0, 0.1) is 13.8 Å². The van der Waals surface area contributed by atoms with E-state index in [0.29, 0.717) is 35.6 Å². The van der Waals surface area contributed by atoms with Gasteiger partial charge in [-0.05, 0) is 69.0 Å². The monoisotopic (exact) mass is 1090 g/mol. The highest BCUT2D eigenvalue weighted by atomic mass is 31.3. The number of rotatable bonds is 21. The van der Waals surface area contributed by atoms with Crippen LogP contribution in [0.2, 0.25) is 0 Å². The van der Waals surface area contributed by atoms with Crippen molar-refractivity contribution in [2.75, 3.05) is 57.5 Å². The lowest BCUT2D eigenvalue weighted by atomic mass is 9.89. The average Bonchev–Trinajstić information content (AvgIpc) is 3.89. The number of alkyl carbamates (subject to hydrolysis) is 1. The zero-order valence-electron chi connectivity index (χ0n) is 40.5. The molecule has 10 N–H and O–H groups in total. The van der Waals surface area contributed by atoms with E-state index >= 15 is 0 Å². The van der Waals surface area contributed by atoms with Gasteiger partial charge < -0.3 is 64.6 Å². The fourth-order valence-electron chi connectivity index (χ4n) is 8.21. The average molecular weight is 1090 g/mol. The number of amides is 2. The van der Waals surface area contributed by atoms with Crippen LogP contribution in [0.25, 0.3) is 44.6 Å². The highest BCUT2D eigenvalue weighted by Crippen LogP contribution is 2.61. The predicted octanol–water partition coefficient (Wildman–Crippen LogP) is 4.26. The van der Waals surface area contributed by atoms with Crippen LogP contribution >= 0.6 is 23.3 Å². The van der Waals surface area contributed by atoms with Crippen molar-refractivity contribution in [3.63, 3.8) is 0 Å². The van der Waals surface area contributed by atoms with Gasteiger partial charge in [-0.2, -0.15) is 4.31 Å². The smallest absolute Gasteiger partial charge is 0.464 e. The van der Waals surface area contributed by atoms with Crippen molar-refractivity contribution in [1.29, 1.82) is 0 Å². The Morgan fingerprint density at radius 3 is 2.47 bits per heavy atom. The van der Waals surface area contributed by atoms with E-state index in [4.69, 9.17) is 38.7 Å². The number of ether oxygens (including phenoxy) is 3. The summed E-state index contributed by atoms with van der Waals surface area (Å²) in [6.07, 6.45) is -5.43. The van der Waals surface area contributed by atoms with Crippen molar-refractivity contribution in [2.45, 2.75) is 65.1 Å². The van der Waals surface area contributed by atoms with Gasteiger partial charge in [-0.1, -0.05) is 18.2 Å². The molecule has 3 aliphatic rings. The first kappa shape index (κ1) is 55.6. The number of hydrogen-bond acceptors (Lipinski definition) is 19. The van der Waals surface area contributed by atoms with Crippen molar-refractivity contribution in [3.8, 4) is 22.5 Å². The number of fused-ring (bicyclic) bond motifs is 3. The van der Waals surface area contributed by atoms with Crippen molar-refractivity contribution in [1.82, 2.24) is 34.6 Å². The zero-order valence-corrected chi connectivity index (χ0v) is 43.2. The number of aryl methyl sites for hydroxylation is 2. The Hall–Kier alpha value is -6.18. The minimum absolute atomic E-state index is 0.0317. The number of hydrogen-bond donors (Lipinski definition) is 9. The molecular formula is C44H55N10O17P3. The Bertz CT molecular complexity index is 3260. The van der Waals surface area contributed by atoms with Gasteiger partial charge >= 0.3 is 35.4 Å². The maximum Gasteiger partial charge on any atom is 0.480 e. The van der Waals surface area contributed by atoms with E-state index < -0.39 is 66.5 Å². The second-order valence-electron chi connectivity index (χ2n) is 16.8. The van der Waals surface area contributed by atoms with Crippen LogP contribution in [0.3, 0.4) is 0 Å². The quantitative estimate of drug-likeness (QED) is 0.0210. The Morgan fingerprint density at radius 2 is 1.74 bits per heavy atom. The number of carbonyl (C=O) groups is 3. The van der Waals surface area contributed by atoms with Gasteiger partial charge in [-0.15, -0.1) is 4.86 Å². The molecule has 2 aliphatic heterocycles. The maximum atomic E-state index is 14.2. The van der Waals surface area contributed by atoms with Crippen LogP contribution in [0.4, 0.5) is 16.3 Å². The largest absolute Gasteiger partial charge is 0.480 e. The van der Waals surface area contributed by atoms with Gasteiger partial charge in [0.05, 0.1) is 24.8 Å². The molecule has 0 bridgehead atoms. The summed E-state index contributed by atoms with van der Waals surface area (Å²) >= 11 is 0. The van der Waals surface area contributed by atoms with Crippen LogP contribution in [0.1, 0.15) is 54.4 Å². The number of esters is 1. The molecule has 1 aliphatic carbocycles. The molecule has 1 fully saturated rings. The van der Waals surface area contributed by atoms with Crippen LogP contribution in [0.15, 0.2) is 70.6 Å². The highest BCUT2D eigenvalue weighted by molar-refractivity contribution is 7.70. The highest BCUT2D eigenvalue weighted by Gasteiger charge is 2.49. The molecule has 74 heavy (non-hydrogen) atoms. The molecule has 4 aromatic rings. The van der Waals surface area contributed by atoms with Gasteiger partial charge in [0.1, 0.15) is 42.0 Å². The molecule has 0 saturated carbocycles. The lowest BCUT2D eigenvalue weighted by Gasteiger charge is -2.22. The normalized spacial score (nSPS) is 18.8. The van der Waals surface area contributed by atoms with Crippen molar-refractivity contribution in [2.24, 2.45) is 4.99 Å². The van der Waals surface area contributed by atoms with Gasteiger partial charge in [0.25, 0.3) is 5.91 Å². The predicted molar refractivity (Wildman–Crippen MR) is 265 cm³/mol. The molecule has 7 rings (SSSR count). The minimum Gasteiger partial charge on any atom is -0.464 e. The van der Waals surface area contributed by atoms with E-state index in [1.54, 1.807) is 19.2 Å². The van der Waals surface area contributed by atoms with Gasteiger partial charge in [-0.25, -0.2) is 33.4 Å². The Labute approximate surface area is 421 Å². The Morgan fingerprint density at radius 1 is 0.986 bits per heavy atom. The molecule has 0 radical (unpaired) electrons. The fourth-order valence-corrected chi connectivity index (χ4v) is 11.6. The third-order valence-corrected chi connectivity index (χ3v) is 15.7. The first-order chi connectivity index (χ1) is 35.0. The van der Waals surface area contributed by atoms with Crippen LogP contribution in [-0.4, -0.2) is 132 Å². The first-order valence-corrected chi connectivity index (χ1v) is 27.5. The number of nitrogens with two attached hydrogens (primary N) is 1. The second-order valence-corrected chi connectivity index (χ2v) is 21.6. The number of nitrogens with zero attached hydrogens (tertiary/aromatic N) is 6. The SMILES string of the molecule is CCN=c1cc2oc3cc(NCC)c(C)cc3c(-c3ccccc3C(=O)N(C)CCCC(=O)OCCNC(=O)O[C@H]3[C@@H](O)[C@H](n4cnc5c(N)ncnc54)O[C@@H]3COP(=O)(O)OP(=O)(O)NP(=O)(O)O)c-2cc1C. The van der Waals surface area contributed by atoms with Crippen LogP contribution in [-0.2, 0) is 41.5 Å². The van der Waals surface area contributed by atoms with E-state index in [-0.39, 0.29) is 55.4 Å². The molecule has 27 nitrogen and oxygen atoms in total. The van der Waals surface area contributed by atoms with Crippen LogP contribution < -0.4 is 26.6 Å². The van der Waals surface area contributed by atoms with Crippen molar-refractivity contribution < 1.29 is 80.2 Å². The molecule has 4 heterocycles. The number of imidazole rings is 1. The maximum absolute atomic E-state index is 14.2. The van der Waals surface area contributed by atoms with Gasteiger partial charge in [0.2, 0.25) is 0 Å². The van der Waals surface area contributed by atoms with E-state index in [2.05, 4.69) is 41.0 Å². The topological polar surface area (TPSA) is 384 Å². The zero-order chi connectivity index (χ0) is 53.7. The molecule has 2 amide bonds. The lowest BCUT2D eigenvalue weighted by Crippen LogP contribution is -2.41. The number of nitrogen functional groups attached to an aromatic ring is 1. The van der Waals surface area contributed by atoms with Gasteiger partial charge in [-0.3, -0.25) is 23.7 Å². The molecule has 6 atom stereocenters. The molecule has 0 spiro atoms. The number of carbonyl (C=O) groups excluding carboxylic acids is 3. The summed E-state index contributed by atoms with van der Waals surface area (Å²) in [6.45, 7) is 7.73. The standard InChI is InChI=1S/C44H55N10O17P3/c1-6-46-30-19-32-28(17-24(30)3)36(29-18-25(4)31(47-7-2)20-33(29)68-32)26-11-8-9-12-27(26)42(57)53(5)15-10-13-35(55)66-16-14-48-44(58)70-39-34(21-67-74(64,65)71-73(62,63)52-72(59,60)61)69-43(38(39)56)54-23-51-37-40(45)49-22-50-41(37)54/h8-9,11-12,17-20,22-23,34,38-39,43,46,56H,6-7,10,13-16,21H2,1-5H3,(H,48,58)(H,64,65)(H2,45,49,50)(H4,52,59,60,61,62,63)/t34-,38-,39-,43-/m1/s1. The Balaban J connectivity index is 0.959. The number of phosphoric ester groups is 1. The molecule has 30 heteroatoms. The molecule has 398 valence electrons. The third kappa shape index (κ3) is 13.2. The number of aliphatic hydroxyl groups excluding tert-OH is 1.